The van der Waals surface area contributed by atoms with E-state index in [0.29, 0.717) is 5.82 Å². The van der Waals surface area contributed by atoms with Gasteiger partial charge in [0.1, 0.15) is 18.0 Å². The van der Waals surface area contributed by atoms with Crippen LogP contribution in [0.15, 0.2) is 24.5 Å². The molecular weight excluding hydrogens is 238 g/mol. The molecule has 2 aromatic rings. The van der Waals surface area contributed by atoms with Gasteiger partial charge in [-0.15, -0.1) is 0 Å². The molecule has 1 aromatic carbocycles. The van der Waals surface area contributed by atoms with E-state index in [2.05, 4.69) is 46.7 Å². The zero-order valence-electron chi connectivity index (χ0n) is 11.5. The van der Waals surface area contributed by atoms with Gasteiger partial charge in [-0.1, -0.05) is 13.0 Å². The van der Waals surface area contributed by atoms with Gasteiger partial charge in [-0.2, -0.15) is 0 Å². The van der Waals surface area contributed by atoms with Gasteiger partial charge < -0.3 is 10.7 Å². The molecule has 0 saturated carbocycles. The maximum atomic E-state index is 5.46. The summed E-state index contributed by atoms with van der Waals surface area (Å²) in [5, 5.41) is 3.32. The van der Waals surface area contributed by atoms with Crippen molar-refractivity contribution in [3.05, 3.63) is 41.2 Å². The third-order valence-electron chi connectivity index (χ3n) is 3.21. The van der Waals surface area contributed by atoms with Crippen LogP contribution in [0.3, 0.4) is 0 Å². The SMILES string of the molecule is CCc1c(NN)ncnc1Nc1ccc(C)c(C)c1. The quantitative estimate of drug-likeness (QED) is 0.580. The predicted molar refractivity (Wildman–Crippen MR) is 78.4 cm³/mol. The molecule has 0 amide bonds. The van der Waals surface area contributed by atoms with Crippen molar-refractivity contribution < 1.29 is 0 Å². The van der Waals surface area contributed by atoms with E-state index in [0.717, 1.165) is 23.5 Å². The van der Waals surface area contributed by atoms with Gasteiger partial charge in [-0.3, -0.25) is 0 Å². The molecule has 0 atom stereocenters. The molecular formula is C14H19N5. The number of benzene rings is 1. The van der Waals surface area contributed by atoms with Crippen molar-refractivity contribution in [1.29, 1.82) is 0 Å². The number of hydrogen-bond acceptors (Lipinski definition) is 5. The topological polar surface area (TPSA) is 75.9 Å². The number of rotatable bonds is 4. The summed E-state index contributed by atoms with van der Waals surface area (Å²) in [7, 11) is 0. The van der Waals surface area contributed by atoms with E-state index in [1.807, 2.05) is 13.0 Å². The molecule has 0 spiro atoms. The van der Waals surface area contributed by atoms with E-state index in [-0.39, 0.29) is 0 Å². The van der Waals surface area contributed by atoms with Gasteiger partial charge in [-0.25, -0.2) is 15.8 Å². The van der Waals surface area contributed by atoms with E-state index in [1.54, 1.807) is 0 Å². The molecule has 0 saturated heterocycles. The van der Waals surface area contributed by atoms with E-state index >= 15 is 0 Å². The maximum Gasteiger partial charge on any atom is 0.148 e. The normalized spacial score (nSPS) is 10.3. The molecule has 0 fully saturated rings. The second-order valence-electron chi connectivity index (χ2n) is 4.47. The van der Waals surface area contributed by atoms with E-state index in [1.165, 1.54) is 17.5 Å². The molecule has 0 aliphatic rings. The van der Waals surface area contributed by atoms with Crippen LogP contribution >= 0.6 is 0 Å². The minimum Gasteiger partial charge on any atom is -0.340 e. The van der Waals surface area contributed by atoms with Crippen molar-refractivity contribution in [2.75, 3.05) is 10.7 Å². The first-order chi connectivity index (χ1) is 9.15. The summed E-state index contributed by atoms with van der Waals surface area (Å²) >= 11 is 0. The zero-order valence-corrected chi connectivity index (χ0v) is 11.5. The third kappa shape index (κ3) is 2.82. The Kier molecular flexibility index (Phi) is 3.97. The van der Waals surface area contributed by atoms with Crippen LogP contribution < -0.4 is 16.6 Å². The molecule has 0 aliphatic heterocycles. The van der Waals surface area contributed by atoms with Crippen molar-refractivity contribution in [3.63, 3.8) is 0 Å². The molecule has 5 heteroatoms. The number of anilines is 3. The van der Waals surface area contributed by atoms with Crippen LogP contribution in [-0.4, -0.2) is 9.97 Å². The highest BCUT2D eigenvalue weighted by Gasteiger charge is 2.09. The van der Waals surface area contributed by atoms with Crippen molar-refractivity contribution in [2.45, 2.75) is 27.2 Å². The van der Waals surface area contributed by atoms with Crippen LogP contribution in [0.4, 0.5) is 17.3 Å². The lowest BCUT2D eigenvalue weighted by atomic mass is 10.1. The summed E-state index contributed by atoms with van der Waals surface area (Å²) in [5.74, 6) is 6.91. The first kappa shape index (κ1) is 13.3. The van der Waals surface area contributed by atoms with Crippen LogP contribution in [0.1, 0.15) is 23.6 Å². The Labute approximate surface area is 113 Å². The number of hydrogen-bond donors (Lipinski definition) is 3. The molecule has 1 aromatic heterocycles. The fraction of sp³-hybridized carbons (Fsp3) is 0.286. The molecule has 1 heterocycles. The predicted octanol–water partition coefficient (Wildman–Crippen LogP) is 2.69. The lowest BCUT2D eigenvalue weighted by Crippen LogP contribution is -2.13. The second kappa shape index (κ2) is 5.67. The number of aryl methyl sites for hydroxylation is 2. The van der Waals surface area contributed by atoms with Crippen molar-refractivity contribution in [3.8, 4) is 0 Å². The summed E-state index contributed by atoms with van der Waals surface area (Å²) in [6.45, 7) is 6.23. The van der Waals surface area contributed by atoms with Crippen molar-refractivity contribution in [2.24, 2.45) is 5.84 Å². The molecule has 0 aliphatic carbocycles. The van der Waals surface area contributed by atoms with Crippen LogP contribution in [0.5, 0.6) is 0 Å². The van der Waals surface area contributed by atoms with E-state index in [4.69, 9.17) is 5.84 Å². The molecule has 0 bridgehead atoms. The van der Waals surface area contributed by atoms with Gasteiger partial charge in [-0.05, 0) is 43.5 Å². The van der Waals surface area contributed by atoms with Crippen molar-refractivity contribution >= 4 is 17.3 Å². The molecule has 0 radical (unpaired) electrons. The van der Waals surface area contributed by atoms with Gasteiger partial charge in [0, 0.05) is 11.3 Å². The molecule has 19 heavy (non-hydrogen) atoms. The standard InChI is InChI=1S/C14H19N5/c1-4-12-13(16-8-17-14(12)19-15)18-11-6-5-9(2)10(3)7-11/h5-8H,4,15H2,1-3H3,(H2,16,17,18,19). The molecule has 0 unspecified atom stereocenters. The lowest BCUT2D eigenvalue weighted by Gasteiger charge is -2.13. The highest BCUT2D eigenvalue weighted by atomic mass is 15.3. The Morgan fingerprint density at radius 2 is 1.84 bits per heavy atom. The first-order valence-corrected chi connectivity index (χ1v) is 6.30. The maximum absolute atomic E-state index is 5.46. The average Bonchev–Trinajstić information content (AvgIpc) is 2.42. The number of aromatic nitrogens is 2. The number of nitrogens with zero attached hydrogens (tertiary/aromatic N) is 2. The Morgan fingerprint density at radius 3 is 2.47 bits per heavy atom. The van der Waals surface area contributed by atoms with Gasteiger partial charge in [0.05, 0.1) is 0 Å². The fourth-order valence-electron chi connectivity index (χ4n) is 1.94. The summed E-state index contributed by atoms with van der Waals surface area (Å²) in [4.78, 5) is 8.40. The second-order valence-corrected chi connectivity index (χ2v) is 4.47. The molecule has 100 valence electrons. The Bertz CT molecular complexity index is 580. The Morgan fingerprint density at radius 1 is 1.11 bits per heavy atom. The Balaban J connectivity index is 2.35. The summed E-state index contributed by atoms with van der Waals surface area (Å²) < 4.78 is 0. The van der Waals surface area contributed by atoms with Gasteiger partial charge >= 0.3 is 0 Å². The highest BCUT2D eigenvalue weighted by molar-refractivity contribution is 5.65. The van der Waals surface area contributed by atoms with Crippen LogP contribution in [0.25, 0.3) is 0 Å². The van der Waals surface area contributed by atoms with Crippen molar-refractivity contribution in [1.82, 2.24) is 9.97 Å². The largest absolute Gasteiger partial charge is 0.340 e. The van der Waals surface area contributed by atoms with Gasteiger partial charge in [0.2, 0.25) is 0 Å². The van der Waals surface area contributed by atoms with E-state index < -0.39 is 0 Å². The number of hydrazine groups is 1. The highest BCUT2D eigenvalue weighted by Crippen LogP contribution is 2.24. The Hall–Kier alpha value is -2.14. The van der Waals surface area contributed by atoms with Gasteiger partial charge in [0.25, 0.3) is 0 Å². The minimum atomic E-state index is 0.656. The third-order valence-corrected chi connectivity index (χ3v) is 3.21. The lowest BCUT2D eigenvalue weighted by molar-refractivity contribution is 1.04. The van der Waals surface area contributed by atoms with Crippen LogP contribution in [-0.2, 0) is 6.42 Å². The molecule has 4 N–H and O–H groups in total. The fourth-order valence-corrected chi connectivity index (χ4v) is 1.94. The van der Waals surface area contributed by atoms with Crippen LogP contribution in [0.2, 0.25) is 0 Å². The number of nitrogens with one attached hydrogen (secondary N) is 2. The number of nitrogens with two attached hydrogens (primary N) is 1. The summed E-state index contributed by atoms with van der Waals surface area (Å²) in [5.41, 5.74) is 7.11. The summed E-state index contributed by atoms with van der Waals surface area (Å²) in [6.07, 6.45) is 2.30. The monoisotopic (exact) mass is 257 g/mol. The minimum absolute atomic E-state index is 0.656. The summed E-state index contributed by atoms with van der Waals surface area (Å²) in [6, 6.07) is 6.23. The average molecular weight is 257 g/mol. The molecule has 2 rings (SSSR count). The smallest absolute Gasteiger partial charge is 0.148 e. The molecule has 5 nitrogen and oxygen atoms in total. The first-order valence-electron chi connectivity index (χ1n) is 6.30. The van der Waals surface area contributed by atoms with Crippen LogP contribution in [0, 0.1) is 13.8 Å². The number of nitrogen functional groups attached to an aromatic ring is 1. The van der Waals surface area contributed by atoms with Gasteiger partial charge in [0.15, 0.2) is 0 Å². The zero-order chi connectivity index (χ0) is 13.8. The van der Waals surface area contributed by atoms with E-state index in [9.17, 15) is 0 Å².